The van der Waals surface area contributed by atoms with E-state index in [0.29, 0.717) is 23.8 Å². The number of amides is 1. The van der Waals surface area contributed by atoms with Crippen LogP contribution in [0.25, 0.3) is 0 Å². The lowest BCUT2D eigenvalue weighted by molar-refractivity contribution is -0.155. The average Bonchev–Trinajstić information content (AvgIpc) is 2.67. The summed E-state index contributed by atoms with van der Waals surface area (Å²) in [6, 6.07) is 5.71. The number of methoxy groups -OCH3 is 2. The third-order valence-electron chi connectivity index (χ3n) is 5.18. The molecule has 150 valence electrons. The molecule has 0 aliphatic heterocycles. The fraction of sp³-hybridized carbons (Fsp3) is 0.619. The van der Waals surface area contributed by atoms with Crippen LogP contribution in [0.3, 0.4) is 0 Å². The Bertz CT molecular complexity index is 645. The highest BCUT2D eigenvalue weighted by Crippen LogP contribution is 2.28. The topological polar surface area (TPSA) is 73.9 Å². The molecule has 0 unspecified atom stereocenters. The van der Waals surface area contributed by atoms with E-state index < -0.39 is 6.10 Å². The number of ether oxygens (including phenoxy) is 3. The van der Waals surface area contributed by atoms with E-state index in [0.717, 1.165) is 24.8 Å². The summed E-state index contributed by atoms with van der Waals surface area (Å²) in [5.41, 5.74) is 0.942. The van der Waals surface area contributed by atoms with Crippen LogP contribution in [0.4, 0.5) is 0 Å². The van der Waals surface area contributed by atoms with Crippen molar-refractivity contribution in [3.05, 3.63) is 23.8 Å². The molecule has 3 atom stereocenters. The van der Waals surface area contributed by atoms with E-state index >= 15 is 0 Å². The third-order valence-corrected chi connectivity index (χ3v) is 5.18. The van der Waals surface area contributed by atoms with Crippen molar-refractivity contribution in [3.63, 3.8) is 0 Å². The van der Waals surface area contributed by atoms with Crippen molar-refractivity contribution in [3.8, 4) is 11.5 Å². The van der Waals surface area contributed by atoms with Crippen LogP contribution in [0.2, 0.25) is 0 Å². The van der Waals surface area contributed by atoms with Gasteiger partial charge in [0.2, 0.25) is 0 Å². The second-order valence-corrected chi connectivity index (χ2v) is 7.20. The smallest absolute Gasteiger partial charge is 0.306 e. The lowest BCUT2D eigenvalue weighted by Crippen LogP contribution is -2.46. The molecule has 0 heterocycles. The summed E-state index contributed by atoms with van der Waals surface area (Å²) in [7, 11) is 3.15. The molecule has 1 aliphatic carbocycles. The Labute approximate surface area is 161 Å². The largest absolute Gasteiger partial charge is 0.493 e. The van der Waals surface area contributed by atoms with Crippen molar-refractivity contribution in [1.82, 2.24) is 5.32 Å². The Hall–Kier alpha value is -2.24. The number of benzene rings is 1. The van der Waals surface area contributed by atoms with Crippen LogP contribution in [0, 0.1) is 5.92 Å². The van der Waals surface area contributed by atoms with Gasteiger partial charge in [-0.05, 0) is 49.8 Å². The summed E-state index contributed by atoms with van der Waals surface area (Å²) >= 11 is 0. The molecular weight excluding hydrogens is 346 g/mol. The molecule has 0 radical (unpaired) electrons. The lowest BCUT2D eigenvalue weighted by Gasteiger charge is -2.30. The second kappa shape index (κ2) is 10.2. The number of carbonyl (C=O) groups is 2. The zero-order chi connectivity index (χ0) is 19.8. The first-order chi connectivity index (χ1) is 12.9. The Balaban J connectivity index is 1.79. The van der Waals surface area contributed by atoms with Crippen molar-refractivity contribution >= 4 is 11.9 Å². The van der Waals surface area contributed by atoms with Gasteiger partial charge in [0.05, 0.1) is 14.2 Å². The Morgan fingerprint density at radius 2 is 1.85 bits per heavy atom. The van der Waals surface area contributed by atoms with Gasteiger partial charge in [-0.2, -0.15) is 0 Å². The van der Waals surface area contributed by atoms with Crippen LogP contribution in [0.1, 0.15) is 51.5 Å². The first kappa shape index (κ1) is 21.1. The van der Waals surface area contributed by atoms with Gasteiger partial charge < -0.3 is 19.5 Å². The molecule has 2 rings (SSSR count). The van der Waals surface area contributed by atoms with Crippen LogP contribution >= 0.6 is 0 Å². The van der Waals surface area contributed by atoms with E-state index in [-0.39, 0.29) is 24.3 Å². The fourth-order valence-electron chi connectivity index (χ4n) is 3.42. The maximum absolute atomic E-state index is 12.3. The summed E-state index contributed by atoms with van der Waals surface area (Å²) in [6.45, 7) is 3.78. The summed E-state index contributed by atoms with van der Waals surface area (Å²) in [6.07, 6.45) is 4.40. The zero-order valence-electron chi connectivity index (χ0n) is 16.7. The van der Waals surface area contributed by atoms with Crippen molar-refractivity contribution in [1.29, 1.82) is 0 Å². The van der Waals surface area contributed by atoms with E-state index in [4.69, 9.17) is 14.2 Å². The summed E-state index contributed by atoms with van der Waals surface area (Å²) in [5, 5.41) is 3.03. The second-order valence-electron chi connectivity index (χ2n) is 7.20. The maximum atomic E-state index is 12.3. The van der Waals surface area contributed by atoms with Gasteiger partial charge >= 0.3 is 5.97 Å². The van der Waals surface area contributed by atoms with Crippen molar-refractivity contribution in [2.45, 2.75) is 64.5 Å². The fourth-order valence-corrected chi connectivity index (χ4v) is 3.42. The van der Waals surface area contributed by atoms with Gasteiger partial charge in [-0.25, -0.2) is 0 Å². The van der Waals surface area contributed by atoms with Gasteiger partial charge in [-0.1, -0.05) is 25.8 Å². The van der Waals surface area contributed by atoms with Gasteiger partial charge in [-0.3, -0.25) is 9.59 Å². The van der Waals surface area contributed by atoms with Crippen LogP contribution in [-0.4, -0.2) is 38.2 Å². The van der Waals surface area contributed by atoms with Gasteiger partial charge in [0.1, 0.15) is 0 Å². The van der Waals surface area contributed by atoms with Gasteiger partial charge in [0.25, 0.3) is 5.91 Å². The summed E-state index contributed by atoms with van der Waals surface area (Å²) in [5.74, 6) is 1.14. The molecular formula is C21H31NO5. The molecule has 1 fully saturated rings. The molecule has 6 heteroatoms. The number of aryl methyl sites for hydroxylation is 1. The highest BCUT2D eigenvalue weighted by molar-refractivity contribution is 5.83. The molecule has 0 spiro atoms. The van der Waals surface area contributed by atoms with E-state index in [1.807, 2.05) is 12.1 Å². The normalized spacial score (nSPS) is 20.4. The SMILES string of the molecule is COc1ccc(CCC(=O)O[C@H](C)C(=O)N[C@@H]2CCCC[C@@H]2C)cc1OC. The molecule has 0 saturated heterocycles. The molecule has 1 saturated carbocycles. The number of hydrogen-bond donors (Lipinski definition) is 1. The summed E-state index contributed by atoms with van der Waals surface area (Å²) < 4.78 is 15.8. The van der Waals surface area contributed by atoms with Crippen molar-refractivity contribution < 1.29 is 23.8 Å². The van der Waals surface area contributed by atoms with E-state index in [1.54, 1.807) is 27.2 Å². The van der Waals surface area contributed by atoms with Gasteiger partial charge in [0.15, 0.2) is 17.6 Å². The minimum atomic E-state index is -0.781. The number of hydrogen-bond acceptors (Lipinski definition) is 5. The number of rotatable bonds is 8. The molecule has 1 aliphatic rings. The van der Waals surface area contributed by atoms with Crippen molar-refractivity contribution in [2.75, 3.05) is 14.2 Å². The first-order valence-electron chi connectivity index (χ1n) is 9.65. The van der Waals surface area contributed by atoms with Crippen LogP contribution in [0.15, 0.2) is 18.2 Å². The minimum absolute atomic E-state index is 0.180. The molecule has 27 heavy (non-hydrogen) atoms. The molecule has 0 aromatic heterocycles. The Morgan fingerprint density at radius 1 is 1.15 bits per heavy atom. The molecule has 1 aromatic rings. The predicted octanol–water partition coefficient (Wildman–Crippen LogP) is 3.26. The molecule has 1 amide bonds. The maximum Gasteiger partial charge on any atom is 0.306 e. The van der Waals surface area contributed by atoms with Crippen LogP contribution in [0.5, 0.6) is 11.5 Å². The lowest BCUT2D eigenvalue weighted by atomic mass is 9.86. The zero-order valence-corrected chi connectivity index (χ0v) is 16.7. The standard InChI is InChI=1S/C21H31NO5/c1-14-7-5-6-8-17(14)22-21(24)15(2)27-20(23)12-10-16-9-11-18(25-3)19(13-16)26-4/h9,11,13-15,17H,5-8,10,12H2,1-4H3,(H,22,24)/t14-,15+,17+/m0/s1. The highest BCUT2D eigenvalue weighted by Gasteiger charge is 2.26. The quantitative estimate of drug-likeness (QED) is 0.704. The van der Waals surface area contributed by atoms with E-state index in [1.165, 1.54) is 6.42 Å². The Morgan fingerprint density at radius 3 is 2.52 bits per heavy atom. The first-order valence-corrected chi connectivity index (χ1v) is 9.65. The molecule has 1 aromatic carbocycles. The van der Waals surface area contributed by atoms with E-state index in [2.05, 4.69) is 12.2 Å². The predicted molar refractivity (Wildman–Crippen MR) is 103 cm³/mol. The molecule has 1 N–H and O–H groups in total. The third kappa shape index (κ3) is 6.15. The number of nitrogens with one attached hydrogen (secondary N) is 1. The highest BCUT2D eigenvalue weighted by atomic mass is 16.5. The average molecular weight is 377 g/mol. The van der Waals surface area contributed by atoms with Crippen LogP contribution in [-0.2, 0) is 20.7 Å². The molecule has 6 nitrogen and oxygen atoms in total. The monoisotopic (exact) mass is 377 g/mol. The number of carbonyl (C=O) groups excluding carboxylic acids is 2. The Kier molecular flexibility index (Phi) is 7.95. The van der Waals surface area contributed by atoms with Gasteiger partial charge in [-0.15, -0.1) is 0 Å². The van der Waals surface area contributed by atoms with E-state index in [9.17, 15) is 9.59 Å². The minimum Gasteiger partial charge on any atom is -0.493 e. The number of esters is 1. The van der Waals surface area contributed by atoms with Gasteiger partial charge in [0, 0.05) is 12.5 Å². The van der Waals surface area contributed by atoms with Crippen LogP contribution < -0.4 is 14.8 Å². The molecule has 0 bridgehead atoms. The summed E-state index contributed by atoms with van der Waals surface area (Å²) in [4.78, 5) is 24.4. The van der Waals surface area contributed by atoms with Crippen molar-refractivity contribution in [2.24, 2.45) is 5.92 Å².